The minimum atomic E-state index is -0.544. The molecule has 0 amide bonds. The number of rotatable bonds is 6. The van der Waals surface area contributed by atoms with Crippen LogP contribution < -0.4 is 0 Å². The van der Waals surface area contributed by atoms with Gasteiger partial charge < -0.3 is 4.84 Å². The van der Waals surface area contributed by atoms with Gasteiger partial charge in [-0.2, -0.15) is 0 Å². The molecule has 0 atom stereocenters. The zero-order valence-corrected chi connectivity index (χ0v) is 9.95. The van der Waals surface area contributed by atoms with Crippen LogP contribution in [-0.4, -0.2) is 12.5 Å². The molecule has 0 radical (unpaired) electrons. The molecule has 0 aliphatic heterocycles. The largest absolute Gasteiger partial charge is 0.362 e. The van der Waals surface area contributed by atoms with Crippen molar-refractivity contribution in [1.29, 1.82) is 0 Å². The molecule has 0 fully saturated rings. The number of halogens is 2. The lowest BCUT2D eigenvalue weighted by atomic mass is 10.1. The van der Waals surface area contributed by atoms with E-state index in [0.717, 1.165) is 18.2 Å². The smallest absolute Gasteiger partial charge is 0.135 e. The van der Waals surface area contributed by atoms with Gasteiger partial charge in [-0.25, -0.2) is 8.78 Å². The number of carbonyl (C=O) groups excluding carboxylic acids is 1. The van der Waals surface area contributed by atoms with Gasteiger partial charge in [0.25, 0.3) is 0 Å². The average molecular weight is 253 g/mol. The maximum Gasteiger partial charge on any atom is 0.135 e. The number of hydrogen-bond donors (Lipinski definition) is 0. The number of nitrogens with zero attached hydrogens (tertiary/aromatic N) is 1. The minimum absolute atomic E-state index is 0.00981. The third kappa shape index (κ3) is 4.45. The van der Waals surface area contributed by atoms with E-state index in [4.69, 9.17) is 4.84 Å². The Morgan fingerprint density at radius 3 is 2.83 bits per heavy atom. The Kier molecular flexibility index (Phi) is 5.17. The van der Waals surface area contributed by atoms with Crippen LogP contribution in [0.1, 0.15) is 18.9 Å². The highest BCUT2D eigenvalue weighted by Crippen LogP contribution is 2.15. The molecule has 0 saturated carbocycles. The van der Waals surface area contributed by atoms with E-state index >= 15 is 0 Å². The number of ketones is 1. The van der Waals surface area contributed by atoms with Gasteiger partial charge in [-0.3, -0.25) is 4.79 Å². The molecule has 0 bridgehead atoms. The Bertz CT molecular complexity index is 484. The first kappa shape index (κ1) is 14.0. The van der Waals surface area contributed by atoms with Crippen LogP contribution in [0.5, 0.6) is 0 Å². The van der Waals surface area contributed by atoms with Gasteiger partial charge in [0.2, 0.25) is 0 Å². The van der Waals surface area contributed by atoms with Gasteiger partial charge in [0.05, 0.1) is 0 Å². The molecule has 1 aromatic rings. The van der Waals surface area contributed by atoms with Crippen LogP contribution in [0.15, 0.2) is 35.2 Å². The predicted molar refractivity (Wildman–Crippen MR) is 64.1 cm³/mol. The highest BCUT2D eigenvalue weighted by molar-refractivity contribution is 5.77. The molecule has 0 aromatic heterocycles. The Morgan fingerprint density at radius 2 is 2.22 bits per heavy atom. The summed E-state index contributed by atoms with van der Waals surface area (Å²) in [4.78, 5) is 15.7. The third-order valence-electron chi connectivity index (χ3n) is 2.17. The van der Waals surface area contributed by atoms with Crippen LogP contribution in [0, 0.1) is 11.6 Å². The van der Waals surface area contributed by atoms with Gasteiger partial charge in [-0.15, -0.1) is 0 Å². The van der Waals surface area contributed by atoms with Crippen LogP contribution >= 0.6 is 0 Å². The number of benzene rings is 1. The number of Topliss-reactive ketones (excluding diaryl/α,β-unsaturated/α-hetero) is 1. The first-order chi connectivity index (χ1) is 8.52. The molecule has 0 N–H and O–H groups in total. The Balaban J connectivity index is 2.88. The Morgan fingerprint density at radius 1 is 1.50 bits per heavy atom. The van der Waals surface area contributed by atoms with Crippen molar-refractivity contribution in [2.45, 2.75) is 19.8 Å². The maximum absolute atomic E-state index is 13.4. The van der Waals surface area contributed by atoms with Crippen molar-refractivity contribution in [3.05, 3.63) is 47.2 Å². The number of allylic oxidation sites excluding steroid dienone is 2. The highest BCUT2D eigenvalue weighted by Gasteiger charge is 2.08. The van der Waals surface area contributed by atoms with Crippen molar-refractivity contribution in [3.63, 3.8) is 0 Å². The molecule has 0 spiro atoms. The molecule has 0 heterocycles. The molecular weight excluding hydrogens is 240 g/mol. The van der Waals surface area contributed by atoms with Gasteiger partial charge in [0, 0.05) is 19.6 Å². The van der Waals surface area contributed by atoms with E-state index < -0.39 is 11.6 Å². The predicted octanol–water partition coefficient (Wildman–Crippen LogP) is 3.00. The van der Waals surface area contributed by atoms with Gasteiger partial charge in [-0.1, -0.05) is 5.16 Å². The van der Waals surface area contributed by atoms with E-state index in [-0.39, 0.29) is 29.9 Å². The second-order valence-corrected chi connectivity index (χ2v) is 3.71. The fourth-order valence-electron chi connectivity index (χ4n) is 1.35. The van der Waals surface area contributed by atoms with Crippen molar-refractivity contribution < 1.29 is 18.4 Å². The molecule has 0 aliphatic rings. The number of oxime groups is 1. The third-order valence-corrected chi connectivity index (χ3v) is 2.17. The van der Waals surface area contributed by atoms with Crippen LogP contribution in [0.4, 0.5) is 8.78 Å². The molecule has 5 heteroatoms. The number of hydrogen-bond acceptors (Lipinski definition) is 3. The first-order valence-corrected chi connectivity index (χ1v) is 5.28. The maximum atomic E-state index is 13.4. The van der Waals surface area contributed by atoms with Crippen molar-refractivity contribution in [2.24, 2.45) is 5.16 Å². The summed E-state index contributed by atoms with van der Waals surface area (Å²) in [6, 6.07) is 3.14. The molecule has 18 heavy (non-hydrogen) atoms. The number of carbonyl (C=O) groups is 1. The summed E-state index contributed by atoms with van der Waals surface area (Å²) in [5.74, 6) is -0.897. The summed E-state index contributed by atoms with van der Waals surface area (Å²) in [6.07, 6.45) is 1.62. The fourth-order valence-corrected chi connectivity index (χ4v) is 1.35. The van der Waals surface area contributed by atoms with E-state index in [9.17, 15) is 13.6 Å². The quantitative estimate of drug-likeness (QED) is 0.444. The van der Waals surface area contributed by atoms with E-state index in [1.54, 1.807) is 0 Å². The Labute approximate surface area is 104 Å². The summed E-state index contributed by atoms with van der Waals surface area (Å²) in [6.45, 7) is 4.56. The summed E-state index contributed by atoms with van der Waals surface area (Å²) < 4.78 is 26.4. The Hall–Kier alpha value is -2.04. The van der Waals surface area contributed by atoms with Crippen LogP contribution in [0.2, 0.25) is 0 Å². The summed E-state index contributed by atoms with van der Waals surface area (Å²) in [7, 11) is 0. The summed E-state index contributed by atoms with van der Waals surface area (Å²) >= 11 is 0. The van der Waals surface area contributed by atoms with Crippen molar-refractivity contribution in [1.82, 2.24) is 0 Å². The van der Waals surface area contributed by atoms with Gasteiger partial charge in [0.15, 0.2) is 0 Å². The van der Waals surface area contributed by atoms with Crippen molar-refractivity contribution >= 4 is 12.5 Å². The normalized spacial score (nSPS) is 11.2. The van der Waals surface area contributed by atoms with E-state index in [1.807, 2.05) is 0 Å². The fraction of sp³-hybridized carbons (Fsp3) is 0.231. The molecule has 1 rings (SSSR count). The lowest BCUT2D eigenvalue weighted by Gasteiger charge is -2.06. The monoisotopic (exact) mass is 253 g/mol. The van der Waals surface area contributed by atoms with Crippen LogP contribution in [-0.2, 0) is 16.1 Å². The van der Waals surface area contributed by atoms with Crippen LogP contribution in [0.3, 0.4) is 0 Å². The SMILES string of the molecule is C=NO/C(=C\CC(C)=O)Cc1cc(F)ccc1F. The van der Waals surface area contributed by atoms with Gasteiger partial charge in [0.1, 0.15) is 23.2 Å². The minimum Gasteiger partial charge on any atom is -0.362 e. The van der Waals surface area contributed by atoms with E-state index in [2.05, 4.69) is 11.9 Å². The van der Waals surface area contributed by atoms with E-state index in [0.29, 0.717) is 0 Å². The highest BCUT2D eigenvalue weighted by atomic mass is 19.1. The summed E-state index contributed by atoms with van der Waals surface area (Å²) in [5.41, 5.74) is 0.133. The molecule has 0 saturated heterocycles. The van der Waals surface area contributed by atoms with Crippen molar-refractivity contribution in [3.8, 4) is 0 Å². The first-order valence-electron chi connectivity index (χ1n) is 5.28. The second-order valence-electron chi connectivity index (χ2n) is 3.71. The van der Waals surface area contributed by atoms with E-state index in [1.165, 1.54) is 13.0 Å². The van der Waals surface area contributed by atoms with Crippen LogP contribution in [0.25, 0.3) is 0 Å². The molecule has 3 nitrogen and oxygen atoms in total. The zero-order chi connectivity index (χ0) is 13.5. The zero-order valence-electron chi connectivity index (χ0n) is 9.95. The summed E-state index contributed by atoms with van der Waals surface area (Å²) in [5, 5.41) is 3.22. The molecule has 0 aliphatic carbocycles. The average Bonchev–Trinajstić information content (AvgIpc) is 2.31. The van der Waals surface area contributed by atoms with Gasteiger partial charge in [-0.05, 0) is 36.8 Å². The molecule has 96 valence electrons. The van der Waals surface area contributed by atoms with Gasteiger partial charge >= 0.3 is 0 Å². The topological polar surface area (TPSA) is 38.7 Å². The lowest BCUT2D eigenvalue weighted by Crippen LogP contribution is -1.98. The standard InChI is InChI=1S/C13H13F2NO2/c1-9(17)3-5-12(18-16-2)8-10-7-11(14)4-6-13(10)15/h4-7H,2-3,8H2,1H3/b12-5-. The van der Waals surface area contributed by atoms with Crippen molar-refractivity contribution in [2.75, 3.05) is 0 Å². The molecule has 1 aromatic carbocycles. The molecular formula is C13H13F2NO2. The second kappa shape index (κ2) is 6.64. The lowest BCUT2D eigenvalue weighted by molar-refractivity contribution is -0.116. The molecule has 0 unspecified atom stereocenters.